The summed E-state index contributed by atoms with van der Waals surface area (Å²) >= 11 is 0. The van der Waals surface area contributed by atoms with Gasteiger partial charge in [0.25, 0.3) is 0 Å². The molecule has 0 spiro atoms. The van der Waals surface area contributed by atoms with Gasteiger partial charge < -0.3 is 23.7 Å². The predicted octanol–water partition coefficient (Wildman–Crippen LogP) is 1.92. The highest BCUT2D eigenvalue weighted by atomic mass is 19.1. The van der Waals surface area contributed by atoms with Crippen LogP contribution in [0.25, 0.3) is 0 Å². The first-order chi connectivity index (χ1) is 10.9. The largest absolute Gasteiger partial charge is 0.377 e. The van der Waals surface area contributed by atoms with E-state index in [0.717, 1.165) is 0 Å². The molecule has 0 saturated carbocycles. The second kappa shape index (κ2) is 10.6. The molecule has 1 aromatic carbocycles. The van der Waals surface area contributed by atoms with E-state index in [9.17, 15) is 4.39 Å². The van der Waals surface area contributed by atoms with E-state index in [0.29, 0.717) is 64.0 Å². The van der Waals surface area contributed by atoms with Gasteiger partial charge in [0, 0.05) is 11.1 Å². The van der Waals surface area contributed by atoms with Crippen LogP contribution in [0.2, 0.25) is 0 Å². The van der Waals surface area contributed by atoms with E-state index in [1.807, 2.05) is 6.07 Å². The normalized spacial score (nSPS) is 20.0. The third-order valence-electron chi connectivity index (χ3n) is 3.16. The van der Waals surface area contributed by atoms with Crippen molar-refractivity contribution in [3.05, 3.63) is 35.1 Å². The Hall–Kier alpha value is -1.05. The Bertz CT molecular complexity index is 393. The summed E-state index contributed by atoms with van der Waals surface area (Å²) in [5, 5.41) is 0. The molecule has 1 aromatic rings. The maximum atomic E-state index is 14.2. The van der Waals surface area contributed by atoms with Crippen LogP contribution >= 0.6 is 0 Å². The molecule has 0 aromatic heterocycles. The number of rotatable bonds is 0. The summed E-state index contributed by atoms with van der Waals surface area (Å²) in [7, 11) is 0. The fraction of sp³-hybridized carbons (Fsp3) is 0.625. The lowest BCUT2D eigenvalue weighted by Gasteiger charge is -2.11. The van der Waals surface area contributed by atoms with Gasteiger partial charge in [0.15, 0.2) is 0 Å². The molecule has 1 heterocycles. The highest BCUT2D eigenvalue weighted by Crippen LogP contribution is 2.15. The molecule has 2 rings (SSSR count). The molecule has 22 heavy (non-hydrogen) atoms. The van der Waals surface area contributed by atoms with Crippen molar-refractivity contribution in [2.45, 2.75) is 13.2 Å². The van der Waals surface area contributed by atoms with E-state index in [2.05, 4.69) is 0 Å². The molecule has 0 N–H and O–H groups in total. The standard InChI is InChI=1S/C16H23FO5/c17-16-14-2-1-3-15(16)13-22-11-9-20-7-5-18-4-6-19-8-10-21-12-14/h1-3H,4-13H2. The zero-order valence-corrected chi connectivity index (χ0v) is 12.7. The molecule has 0 saturated heterocycles. The van der Waals surface area contributed by atoms with Crippen LogP contribution in [0.1, 0.15) is 11.1 Å². The van der Waals surface area contributed by atoms with Crippen LogP contribution in [-0.2, 0) is 36.9 Å². The molecule has 5 nitrogen and oxygen atoms in total. The van der Waals surface area contributed by atoms with Crippen molar-refractivity contribution in [3.63, 3.8) is 0 Å². The van der Waals surface area contributed by atoms with Gasteiger partial charge in [-0.3, -0.25) is 0 Å². The second-order valence-electron chi connectivity index (χ2n) is 4.83. The third-order valence-corrected chi connectivity index (χ3v) is 3.16. The van der Waals surface area contributed by atoms with Crippen molar-refractivity contribution in [3.8, 4) is 0 Å². The molecule has 0 atom stereocenters. The van der Waals surface area contributed by atoms with Crippen LogP contribution in [0, 0.1) is 5.82 Å². The van der Waals surface area contributed by atoms with Gasteiger partial charge in [-0.15, -0.1) is 0 Å². The zero-order chi connectivity index (χ0) is 15.5. The quantitative estimate of drug-likeness (QED) is 0.732. The summed E-state index contributed by atoms with van der Waals surface area (Å²) in [6.45, 7) is 4.28. The average molecular weight is 314 g/mol. The van der Waals surface area contributed by atoms with Crippen molar-refractivity contribution in [2.24, 2.45) is 0 Å². The van der Waals surface area contributed by atoms with Crippen LogP contribution < -0.4 is 0 Å². The van der Waals surface area contributed by atoms with Crippen molar-refractivity contribution in [1.82, 2.24) is 0 Å². The highest BCUT2D eigenvalue weighted by Gasteiger charge is 2.08. The smallest absolute Gasteiger partial charge is 0.134 e. The van der Waals surface area contributed by atoms with E-state index in [4.69, 9.17) is 23.7 Å². The topological polar surface area (TPSA) is 46.2 Å². The molecule has 0 aliphatic carbocycles. The summed E-state index contributed by atoms with van der Waals surface area (Å²) in [6.07, 6.45) is 0. The lowest BCUT2D eigenvalue weighted by Crippen LogP contribution is -2.14. The number of halogens is 1. The van der Waals surface area contributed by atoms with Gasteiger partial charge in [0.05, 0.1) is 66.1 Å². The molecule has 0 unspecified atom stereocenters. The Kier molecular flexibility index (Phi) is 8.37. The lowest BCUT2D eigenvalue weighted by atomic mass is 10.1. The molecule has 6 heteroatoms. The van der Waals surface area contributed by atoms with Gasteiger partial charge in [-0.2, -0.15) is 0 Å². The SMILES string of the molecule is Fc1c2cccc1COCCOCCOCCOCCOC2. The minimum atomic E-state index is -0.265. The van der Waals surface area contributed by atoms with E-state index in [1.165, 1.54) is 0 Å². The molecule has 0 radical (unpaired) electrons. The van der Waals surface area contributed by atoms with Gasteiger partial charge in [0.2, 0.25) is 0 Å². The first kappa shape index (κ1) is 17.3. The molecule has 124 valence electrons. The molecule has 0 fully saturated rings. The molecule has 1 aliphatic rings. The Balaban J connectivity index is 1.86. The van der Waals surface area contributed by atoms with Crippen LogP contribution in [0.3, 0.4) is 0 Å². The summed E-state index contributed by atoms with van der Waals surface area (Å²) in [4.78, 5) is 0. The van der Waals surface area contributed by atoms with E-state index in [1.54, 1.807) is 12.1 Å². The maximum Gasteiger partial charge on any atom is 0.134 e. The summed E-state index contributed by atoms with van der Waals surface area (Å²) in [6, 6.07) is 5.24. The van der Waals surface area contributed by atoms with Crippen LogP contribution in [0.5, 0.6) is 0 Å². The molecule has 1 aliphatic heterocycles. The Morgan fingerprint density at radius 2 is 0.955 bits per heavy atom. The first-order valence-electron chi connectivity index (χ1n) is 7.53. The summed E-state index contributed by atoms with van der Waals surface area (Å²) in [5.74, 6) is -0.265. The number of fused-ring (bicyclic) bond motifs is 2. The van der Waals surface area contributed by atoms with Gasteiger partial charge in [-0.25, -0.2) is 4.39 Å². The first-order valence-corrected chi connectivity index (χ1v) is 7.53. The minimum Gasteiger partial charge on any atom is -0.377 e. The van der Waals surface area contributed by atoms with Gasteiger partial charge in [-0.05, 0) is 0 Å². The van der Waals surface area contributed by atoms with E-state index in [-0.39, 0.29) is 19.0 Å². The Labute approximate surface area is 130 Å². The molecular formula is C16H23FO5. The van der Waals surface area contributed by atoms with Gasteiger partial charge >= 0.3 is 0 Å². The molecule has 0 amide bonds. The number of ether oxygens (including phenoxy) is 5. The van der Waals surface area contributed by atoms with Crippen LogP contribution in [0.4, 0.5) is 4.39 Å². The van der Waals surface area contributed by atoms with E-state index >= 15 is 0 Å². The minimum absolute atomic E-state index is 0.225. The second-order valence-corrected chi connectivity index (χ2v) is 4.83. The lowest BCUT2D eigenvalue weighted by molar-refractivity contribution is -0.0150. The highest BCUT2D eigenvalue weighted by molar-refractivity contribution is 5.25. The summed E-state index contributed by atoms with van der Waals surface area (Å²) in [5.41, 5.74) is 1.06. The molecule has 2 bridgehead atoms. The average Bonchev–Trinajstić information content (AvgIpc) is 2.53. The predicted molar refractivity (Wildman–Crippen MR) is 78.2 cm³/mol. The maximum absolute atomic E-state index is 14.2. The Morgan fingerprint density at radius 1 is 0.591 bits per heavy atom. The van der Waals surface area contributed by atoms with E-state index < -0.39 is 0 Å². The van der Waals surface area contributed by atoms with Crippen molar-refractivity contribution in [1.29, 1.82) is 0 Å². The number of hydrogen-bond acceptors (Lipinski definition) is 5. The van der Waals surface area contributed by atoms with Crippen molar-refractivity contribution in [2.75, 3.05) is 52.9 Å². The number of hydrogen-bond donors (Lipinski definition) is 0. The van der Waals surface area contributed by atoms with Crippen LogP contribution in [0.15, 0.2) is 18.2 Å². The summed E-state index contributed by atoms with van der Waals surface area (Å²) < 4.78 is 41.2. The molecular weight excluding hydrogens is 291 g/mol. The fourth-order valence-corrected chi connectivity index (χ4v) is 2.00. The fourth-order valence-electron chi connectivity index (χ4n) is 2.00. The van der Waals surface area contributed by atoms with Crippen molar-refractivity contribution >= 4 is 0 Å². The zero-order valence-electron chi connectivity index (χ0n) is 12.7. The number of benzene rings is 1. The van der Waals surface area contributed by atoms with Crippen LogP contribution in [-0.4, -0.2) is 52.9 Å². The monoisotopic (exact) mass is 314 g/mol. The van der Waals surface area contributed by atoms with Crippen molar-refractivity contribution < 1.29 is 28.1 Å². The third kappa shape index (κ3) is 6.37. The van der Waals surface area contributed by atoms with Gasteiger partial charge in [0.1, 0.15) is 5.82 Å². The van der Waals surface area contributed by atoms with Gasteiger partial charge in [-0.1, -0.05) is 18.2 Å². The Morgan fingerprint density at radius 3 is 1.36 bits per heavy atom.